The first-order valence-corrected chi connectivity index (χ1v) is 5.88. The van der Waals surface area contributed by atoms with E-state index in [0.29, 0.717) is 0 Å². The van der Waals surface area contributed by atoms with Crippen molar-refractivity contribution in [3.05, 3.63) is 21.6 Å². The van der Waals surface area contributed by atoms with Crippen LogP contribution >= 0.6 is 0 Å². The summed E-state index contributed by atoms with van der Waals surface area (Å²) in [5, 5.41) is 0. The summed E-state index contributed by atoms with van der Waals surface area (Å²) in [4.78, 5) is 3.99. The van der Waals surface area contributed by atoms with E-state index >= 15 is 0 Å². The monoisotopic (exact) mass is 298 g/mol. The molecular formula is C8H10FINO2-. The van der Waals surface area contributed by atoms with Crippen LogP contribution in [0.15, 0.2) is 26.5 Å². The fourth-order valence-corrected chi connectivity index (χ4v) is 2.38. The Hall–Kier alpha value is -0.590. The molecule has 0 radical (unpaired) electrons. The number of hydrogen-bond donors (Lipinski definition) is 0. The summed E-state index contributed by atoms with van der Waals surface area (Å²) in [5.41, 5.74) is 0. The van der Waals surface area contributed by atoms with Crippen molar-refractivity contribution in [2.75, 3.05) is 14.2 Å². The molecule has 13 heavy (non-hydrogen) atoms. The van der Waals surface area contributed by atoms with Crippen LogP contribution in [-0.2, 0) is 9.47 Å². The van der Waals surface area contributed by atoms with Crippen LogP contribution in [0, 0.1) is 0 Å². The third-order valence-corrected chi connectivity index (χ3v) is 3.40. The summed E-state index contributed by atoms with van der Waals surface area (Å²) in [5.74, 6) is -0.297. The Morgan fingerprint density at radius 1 is 1.38 bits per heavy atom. The van der Waals surface area contributed by atoms with Crippen LogP contribution in [0.1, 0.15) is 6.92 Å². The average Bonchev–Trinajstić information content (AvgIpc) is 2.26. The van der Waals surface area contributed by atoms with Gasteiger partial charge in [-0.2, -0.15) is 0 Å². The van der Waals surface area contributed by atoms with Gasteiger partial charge < -0.3 is 0 Å². The molecule has 0 bridgehead atoms. The van der Waals surface area contributed by atoms with Gasteiger partial charge in [-0.1, -0.05) is 0 Å². The van der Waals surface area contributed by atoms with Gasteiger partial charge in [0, 0.05) is 0 Å². The van der Waals surface area contributed by atoms with Crippen molar-refractivity contribution in [1.29, 1.82) is 0 Å². The van der Waals surface area contributed by atoms with E-state index in [1.807, 2.05) is 6.92 Å². The van der Waals surface area contributed by atoms with E-state index in [1.54, 1.807) is 4.08 Å². The Kier molecular flexibility index (Phi) is 3.71. The molecule has 1 rings (SSSR count). The zero-order valence-corrected chi connectivity index (χ0v) is 9.75. The maximum atomic E-state index is 13.4. The van der Waals surface area contributed by atoms with E-state index in [2.05, 4.69) is 4.99 Å². The van der Waals surface area contributed by atoms with Crippen molar-refractivity contribution in [3.8, 4) is 0 Å². The van der Waals surface area contributed by atoms with Crippen LogP contribution in [0.3, 0.4) is 0 Å². The van der Waals surface area contributed by atoms with Gasteiger partial charge in [-0.3, -0.25) is 0 Å². The average molecular weight is 298 g/mol. The fraction of sp³-hybridized carbons (Fsp3) is 0.375. The summed E-state index contributed by atoms with van der Waals surface area (Å²) >= 11 is -0.381. The van der Waals surface area contributed by atoms with Gasteiger partial charge in [-0.05, 0) is 0 Å². The van der Waals surface area contributed by atoms with Gasteiger partial charge in [0.25, 0.3) is 0 Å². The number of nitrogens with zero attached hydrogens (tertiary/aromatic N) is 1. The van der Waals surface area contributed by atoms with Crippen molar-refractivity contribution >= 4 is 3.72 Å². The van der Waals surface area contributed by atoms with E-state index in [9.17, 15) is 4.39 Å². The van der Waals surface area contributed by atoms with Crippen molar-refractivity contribution in [2.45, 2.75) is 6.92 Å². The van der Waals surface area contributed by atoms with Gasteiger partial charge in [0.05, 0.1) is 0 Å². The zero-order chi connectivity index (χ0) is 9.84. The second-order valence-corrected chi connectivity index (χ2v) is 5.03. The molecule has 0 unspecified atom stereocenters. The SMILES string of the molecule is COC1=C[I-]C(C)=NC(OC)=C1F. The Bertz CT molecular complexity index is 297. The molecule has 3 nitrogen and oxygen atoms in total. The van der Waals surface area contributed by atoms with Crippen LogP contribution in [0.2, 0.25) is 0 Å². The number of allylic oxidation sites excluding steroid dienone is 1. The van der Waals surface area contributed by atoms with E-state index in [-0.39, 0.29) is 32.8 Å². The molecule has 0 spiro atoms. The first kappa shape index (κ1) is 10.5. The van der Waals surface area contributed by atoms with Gasteiger partial charge in [0.2, 0.25) is 0 Å². The van der Waals surface area contributed by atoms with Crippen molar-refractivity contribution < 1.29 is 35.1 Å². The standard InChI is InChI=1S/C8H10FINO2/c1-5-10-4-6(12-2)7(9)8(11-5)13-3/h4H,1-3H3/q-1. The van der Waals surface area contributed by atoms with Gasteiger partial charge in [-0.25, -0.2) is 0 Å². The molecule has 0 aromatic carbocycles. The zero-order valence-electron chi connectivity index (χ0n) is 7.60. The molecule has 74 valence electrons. The summed E-state index contributed by atoms with van der Waals surface area (Å²) in [6.07, 6.45) is 0. The molecule has 0 aliphatic carbocycles. The van der Waals surface area contributed by atoms with Gasteiger partial charge in [-0.15, -0.1) is 0 Å². The van der Waals surface area contributed by atoms with Crippen LogP contribution in [-0.4, -0.2) is 17.9 Å². The van der Waals surface area contributed by atoms with E-state index < -0.39 is 5.83 Å². The number of rotatable bonds is 2. The van der Waals surface area contributed by atoms with Crippen molar-refractivity contribution in [1.82, 2.24) is 0 Å². The van der Waals surface area contributed by atoms with Crippen LogP contribution in [0.25, 0.3) is 0 Å². The normalized spacial score (nSPS) is 18.2. The number of methoxy groups -OCH3 is 2. The van der Waals surface area contributed by atoms with Crippen molar-refractivity contribution in [2.24, 2.45) is 4.99 Å². The summed E-state index contributed by atoms with van der Waals surface area (Å²) in [6.45, 7) is 1.86. The third-order valence-electron chi connectivity index (χ3n) is 1.38. The molecule has 0 aromatic rings. The van der Waals surface area contributed by atoms with Gasteiger partial charge >= 0.3 is 86.5 Å². The number of aliphatic imine (C=N–C) groups is 1. The Morgan fingerprint density at radius 2 is 2.08 bits per heavy atom. The first-order chi connectivity index (χ1) is 6.19. The van der Waals surface area contributed by atoms with Crippen molar-refractivity contribution in [3.63, 3.8) is 0 Å². The summed E-state index contributed by atoms with van der Waals surface area (Å²) < 4.78 is 25.7. The first-order valence-electron chi connectivity index (χ1n) is 3.56. The molecular weight excluding hydrogens is 288 g/mol. The Morgan fingerprint density at radius 3 is 2.62 bits per heavy atom. The second-order valence-electron chi connectivity index (χ2n) is 2.22. The number of hydrogen-bond acceptors (Lipinski definition) is 3. The molecule has 0 atom stereocenters. The van der Waals surface area contributed by atoms with Gasteiger partial charge in [0.1, 0.15) is 0 Å². The maximum absolute atomic E-state index is 13.4. The molecule has 1 aliphatic heterocycles. The second kappa shape index (κ2) is 4.59. The predicted octanol–water partition coefficient (Wildman–Crippen LogP) is -1.22. The van der Waals surface area contributed by atoms with Crippen LogP contribution in [0.4, 0.5) is 4.39 Å². The molecule has 0 fully saturated rings. The molecule has 0 saturated heterocycles. The predicted molar refractivity (Wildman–Crippen MR) is 43.3 cm³/mol. The third kappa shape index (κ3) is 2.43. The number of ether oxygens (including phenoxy) is 2. The van der Waals surface area contributed by atoms with E-state index in [0.717, 1.165) is 3.72 Å². The molecule has 0 aromatic heterocycles. The summed E-state index contributed by atoms with van der Waals surface area (Å²) in [7, 11) is 2.83. The number of halogens is 2. The van der Waals surface area contributed by atoms with Crippen LogP contribution in [0.5, 0.6) is 0 Å². The van der Waals surface area contributed by atoms with E-state index in [4.69, 9.17) is 9.47 Å². The molecule has 1 heterocycles. The summed E-state index contributed by atoms with van der Waals surface area (Å²) in [6, 6.07) is 0. The minimum atomic E-state index is -0.526. The Balaban J connectivity index is 3.08. The van der Waals surface area contributed by atoms with Crippen LogP contribution < -0.4 is 21.2 Å². The molecule has 0 amide bonds. The topological polar surface area (TPSA) is 30.8 Å². The molecule has 5 heteroatoms. The minimum absolute atomic E-state index is 0.00259. The van der Waals surface area contributed by atoms with Gasteiger partial charge in [0.15, 0.2) is 0 Å². The molecule has 1 aliphatic rings. The fourth-order valence-electron chi connectivity index (χ4n) is 0.765. The Labute approximate surface area is 86.6 Å². The molecule has 0 saturated carbocycles. The van der Waals surface area contributed by atoms with E-state index in [1.165, 1.54) is 14.2 Å². The quantitative estimate of drug-likeness (QED) is 0.599. The molecule has 0 N–H and O–H groups in total.